The van der Waals surface area contributed by atoms with Crippen molar-refractivity contribution in [1.29, 1.82) is 0 Å². The molecule has 0 spiro atoms. The third-order valence-electron chi connectivity index (χ3n) is 3.49. The summed E-state index contributed by atoms with van der Waals surface area (Å²) in [5.74, 6) is 1.84. The minimum atomic E-state index is 0.731. The number of aromatic nitrogens is 1. The van der Waals surface area contributed by atoms with E-state index in [9.17, 15) is 0 Å². The van der Waals surface area contributed by atoms with Crippen LogP contribution in [0, 0.1) is 5.92 Å². The summed E-state index contributed by atoms with van der Waals surface area (Å²) in [6.45, 7) is 10.2. The van der Waals surface area contributed by atoms with Gasteiger partial charge in [0.15, 0.2) is 0 Å². The van der Waals surface area contributed by atoms with Crippen molar-refractivity contribution >= 4 is 11.5 Å². The Hall–Kier alpha value is -1.29. The Bertz CT molecular complexity index is 353. The Kier molecular flexibility index (Phi) is 4.42. The second-order valence-electron chi connectivity index (χ2n) is 5.46. The van der Waals surface area contributed by atoms with Gasteiger partial charge < -0.3 is 10.6 Å². The molecule has 1 aliphatic heterocycles. The number of rotatable bonds is 4. The first kappa shape index (κ1) is 13.1. The SMILES string of the molecule is CC(C)CCN1CCN(c2ccc(N)cn2)CC1. The number of nitrogen functional groups attached to an aromatic ring is 1. The molecule has 4 nitrogen and oxygen atoms in total. The maximum absolute atomic E-state index is 5.66. The van der Waals surface area contributed by atoms with Crippen molar-refractivity contribution < 1.29 is 0 Å². The van der Waals surface area contributed by atoms with Crippen molar-refractivity contribution in [3.05, 3.63) is 18.3 Å². The molecule has 18 heavy (non-hydrogen) atoms. The summed E-state index contributed by atoms with van der Waals surface area (Å²) in [5, 5.41) is 0. The highest BCUT2D eigenvalue weighted by atomic mass is 15.3. The van der Waals surface area contributed by atoms with E-state index in [0.29, 0.717) is 0 Å². The molecule has 0 atom stereocenters. The lowest BCUT2D eigenvalue weighted by Gasteiger charge is -2.35. The molecule has 100 valence electrons. The first-order valence-electron chi connectivity index (χ1n) is 6.84. The van der Waals surface area contributed by atoms with Gasteiger partial charge in [-0.05, 0) is 31.0 Å². The summed E-state index contributed by atoms with van der Waals surface area (Å²) in [7, 11) is 0. The lowest BCUT2D eigenvalue weighted by molar-refractivity contribution is 0.243. The van der Waals surface area contributed by atoms with Gasteiger partial charge in [0.1, 0.15) is 5.82 Å². The van der Waals surface area contributed by atoms with E-state index in [2.05, 4.69) is 28.6 Å². The van der Waals surface area contributed by atoms with E-state index in [1.165, 1.54) is 13.0 Å². The molecule has 1 aromatic rings. The molecule has 1 aliphatic rings. The van der Waals surface area contributed by atoms with Crippen LogP contribution in [0.1, 0.15) is 20.3 Å². The Morgan fingerprint density at radius 3 is 2.50 bits per heavy atom. The van der Waals surface area contributed by atoms with Crippen LogP contribution in [0.5, 0.6) is 0 Å². The molecule has 1 saturated heterocycles. The number of hydrogen-bond acceptors (Lipinski definition) is 4. The van der Waals surface area contributed by atoms with E-state index in [4.69, 9.17) is 5.73 Å². The highest BCUT2D eigenvalue weighted by Gasteiger charge is 2.17. The predicted octanol–water partition coefficient (Wildman–Crippen LogP) is 1.83. The summed E-state index contributed by atoms with van der Waals surface area (Å²) >= 11 is 0. The second kappa shape index (κ2) is 6.05. The first-order chi connectivity index (χ1) is 8.65. The van der Waals surface area contributed by atoms with Crippen LogP contribution in [0.3, 0.4) is 0 Å². The number of anilines is 2. The van der Waals surface area contributed by atoms with E-state index in [1.807, 2.05) is 12.1 Å². The Labute approximate surface area is 110 Å². The van der Waals surface area contributed by atoms with Crippen molar-refractivity contribution in [2.75, 3.05) is 43.4 Å². The van der Waals surface area contributed by atoms with Crippen LogP contribution < -0.4 is 10.6 Å². The maximum atomic E-state index is 5.66. The lowest BCUT2D eigenvalue weighted by atomic mass is 10.1. The van der Waals surface area contributed by atoms with Gasteiger partial charge in [0.2, 0.25) is 0 Å². The van der Waals surface area contributed by atoms with Crippen molar-refractivity contribution in [2.24, 2.45) is 5.92 Å². The van der Waals surface area contributed by atoms with Crippen LogP contribution in [0.4, 0.5) is 11.5 Å². The molecule has 0 radical (unpaired) electrons. The quantitative estimate of drug-likeness (QED) is 0.883. The minimum Gasteiger partial charge on any atom is -0.397 e. The second-order valence-corrected chi connectivity index (χ2v) is 5.46. The predicted molar refractivity (Wildman–Crippen MR) is 76.8 cm³/mol. The third-order valence-corrected chi connectivity index (χ3v) is 3.49. The molecule has 0 unspecified atom stereocenters. The highest BCUT2D eigenvalue weighted by molar-refractivity contribution is 5.46. The molecular formula is C14H24N4. The van der Waals surface area contributed by atoms with Crippen molar-refractivity contribution in [3.63, 3.8) is 0 Å². The molecule has 0 aliphatic carbocycles. The molecule has 1 fully saturated rings. The van der Waals surface area contributed by atoms with Gasteiger partial charge in [0.25, 0.3) is 0 Å². The average Bonchev–Trinajstić information content (AvgIpc) is 2.38. The molecule has 4 heteroatoms. The molecule has 0 saturated carbocycles. The molecular weight excluding hydrogens is 224 g/mol. The van der Waals surface area contributed by atoms with Crippen LogP contribution in [0.2, 0.25) is 0 Å². The van der Waals surface area contributed by atoms with Gasteiger partial charge in [0, 0.05) is 26.2 Å². The van der Waals surface area contributed by atoms with E-state index < -0.39 is 0 Å². The van der Waals surface area contributed by atoms with Gasteiger partial charge in [-0.3, -0.25) is 4.90 Å². The molecule has 2 N–H and O–H groups in total. The van der Waals surface area contributed by atoms with Crippen LogP contribution in [-0.4, -0.2) is 42.6 Å². The number of hydrogen-bond donors (Lipinski definition) is 1. The van der Waals surface area contributed by atoms with Crippen LogP contribution in [0.25, 0.3) is 0 Å². The largest absolute Gasteiger partial charge is 0.397 e. The summed E-state index contributed by atoms with van der Waals surface area (Å²) in [6.07, 6.45) is 3.03. The van der Waals surface area contributed by atoms with E-state index >= 15 is 0 Å². The van der Waals surface area contributed by atoms with Crippen molar-refractivity contribution in [1.82, 2.24) is 9.88 Å². The van der Waals surface area contributed by atoms with Gasteiger partial charge in [-0.15, -0.1) is 0 Å². The van der Waals surface area contributed by atoms with Crippen LogP contribution >= 0.6 is 0 Å². The number of pyridine rings is 1. The average molecular weight is 248 g/mol. The van der Waals surface area contributed by atoms with Gasteiger partial charge >= 0.3 is 0 Å². The zero-order valence-corrected chi connectivity index (χ0v) is 11.5. The summed E-state index contributed by atoms with van der Waals surface area (Å²) in [5.41, 5.74) is 6.39. The first-order valence-corrected chi connectivity index (χ1v) is 6.84. The fraction of sp³-hybridized carbons (Fsp3) is 0.643. The maximum Gasteiger partial charge on any atom is 0.128 e. The number of nitrogens with zero attached hydrogens (tertiary/aromatic N) is 3. The monoisotopic (exact) mass is 248 g/mol. The Morgan fingerprint density at radius 2 is 1.94 bits per heavy atom. The van der Waals surface area contributed by atoms with Gasteiger partial charge in [-0.1, -0.05) is 13.8 Å². The normalized spacial score (nSPS) is 17.4. The van der Waals surface area contributed by atoms with Crippen molar-refractivity contribution in [2.45, 2.75) is 20.3 Å². The van der Waals surface area contributed by atoms with E-state index in [1.54, 1.807) is 6.20 Å². The van der Waals surface area contributed by atoms with E-state index in [-0.39, 0.29) is 0 Å². The standard InChI is InChI=1S/C14H24N4/c1-12(2)5-6-17-7-9-18(10-8-17)14-4-3-13(15)11-16-14/h3-4,11-12H,5-10,15H2,1-2H3. The number of piperazine rings is 1. The molecule has 0 bridgehead atoms. The zero-order valence-electron chi connectivity index (χ0n) is 11.5. The summed E-state index contributed by atoms with van der Waals surface area (Å²) in [6, 6.07) is 3.94. The topological polar surface area (TPSA) is 45.4 Å². The van der Waals surface area contributed by atoms with Crippen molar-refractivity contribution in [3.8, 4) is 0 Å². The van der Waals surface area contributed by atoms with Gasteiger partial charge in [-0.25, -0.2) is 4.98 Å². The van der Waals surface area contributed by atoms with Gasteiger partial charge in [0.05, 0.1) is 11.9 Å². The molecule has 2 rings (SSSR count). The number of nitrogens with two attached hydrogens (primary N) is 1. The molecule has 2 heterocycles. The fourth-order valence-electron chi connectivity index (χ4n) is 2.23. The zero-order chi connectivity index (χ0) is 13.0. The van der Waals surface area contributed by atoms with Gasteiger partial charge in [-0.2, -0.15) is 0 Å². The minimum absolute atomic E-state index is 0.731. The summed E-state index contributed by atoms with van der Waals surface area (Å²) < 4.78 is 0. The molecule has 1 aromatic heterocycles. The Morgan fingerprint density at radius 1 is 1.22 bits per heavy atom. The fourth-order valence-corrected chi connectivity index (χ4v) is 2.23. The Balaban J connectivity index is 1.81. The van der Waals surface area contributed by atoms with Crippen LogP contribution in [0.15, 0.2) is 18.3 Å². The lowest BCUT2D eigenvalue weighted by Crippen LogP contribution is -2.47. The highest BCUT2D eigenvalue weighted by Crippen LogP contribution is 2.15. The smallest absolute Gasteiger partial charge is 0.128 e. The molecule has 0 amide bonds. The summed E-state index contributed by atoms with van der Waals surface area (Å²) in [4.78, 5) is 9.27. The molecule has 0 aromatic carbocycles. The van der Waals surface area contributed by atoms with E-state index in [0.717, 1.165) is 43.6 Å². The van der Waals surface area contributed by atoms with Crippen LogP contribution in [-0.2, 0) is 0 Å². The third kappa shape index (κ3) is 3.60.